The van der Waals surface area contributed by atoms with Gasteiger partial charge in [0.25, 0.3) is 0 Å². The number of nitrogens with zero attached hydrogens (tertiary/aromatic N) is 1. The van der Waals surface area contributed by atoms with E-state index in [0.29, 0.717) is 26.2 Å². The van der Waals surface area contributed by atoms with E-state index in [2.05, 4.69) is 41.1 Å². The molecule has 0 aromatic heterocycles. The average Bonchev–Trinajstić information content (AvgIpc) is 3.18. The predicted octanol–water partition coefficient (Wildman–Crippen LogP) is 3.75. The van der Waals surface area contributed by atoms with Crippen LogP contribution in [0.4, 0.5) is 4.79 Å². The number of hydrogen-bond donors (Lipinski definition) is 3. The smallest absolute Gasteiger partial charge is 0.407 e. The fourth-order valence-electron chi connectivity index (χ4n) is 2.99. The van der Waals surface area contributed by atoms with E-state index >= 15 is 0 Å². The first-order valence-corrected chi connectivity index (χ1v) is 11.1. The maximum absolute atomic E-state index is 11.7. The fourth-order valence-corrected chi connectivity index (χ4v) is 2.99. The number of halogens is 1. The number of hydrogen-bond acceptors (Lipinski definition) is 5. The maximum atomic E-state index is 11.7. The molecule has 1 unspecified atom stereocenters. The van der Waals surface area contributed by atoms with Crippen molar-refractivity contribution >= 4 is 36.0 Å². The quantitative estimate of drug-likeness (QED) is 0.184. The second kappa shape index (κ2) is 14.4. The molecular formula is C23H39IN4O4. The van der Waals surface area contributed by atoms with Crippen LogP contribution in [0.3, 0.4) is 0 Å². The zero-order chi connectivity index (χ0) is 22.7. The number of rotatable bonds is 9. The van der Waals surface area contributed by atoms with Gasteiger partial charge in [-0.3, -0.25) is 0 Å². The van der Waals surface area contributed by atoms with Crippen LogP contribution in [0.1, 0.15) is 51.7 Å². The number of carbonyl (C=O) groups is 1. The van der Waals surface area contributed by atoms with E-state index in [9.17, 15) is 4.79 Å². The first kappa shape index (κ1) is 28.3. The number of nitrogens with one attached hydrogen (secondary N) is 3. The Labute approximate surface area is 209 Å². The lowest BCUT2D eigenvalue weighted by Crippen LogP contribution is -2.39. The minimum Gasteiger partial charge on any atom is -0.488 e. The fraction of sp³-hybridized carbons (Fsp3) is 0.652. The zero-order valence-electron chi connectivity index (χ0n) is 20.0. The van der Waals surface area contributed by atoms with E-state index in [4.69, 9.17) is 19.2 Å². The molecule has 1 atom stereocenters. The second-order valence-electron chi connectivity index (χ2n) is 8.62. The minimum atomic E-state index is -0.490. The number of guanidine groups is 1. The lowest BCUT2D eigenvalue weighted by Gasteiger charge is -2.19. The van der Waals surface area contributed by atoms with Crippen molar-refractivity contribution in [2.75, 3.05) is 32.8 Å². The highest BCUT2D eigenvalue weighted by molar-refractivity contribution is 14.0. The van der Waals surface area contributed by atoms with Crippen LogP contribution in [0.2, 0.25) is 0 Å². The number of aryl methyl sites for hydroxylation is 1. The molecule has 8 nitrogen and oxygen atoms in total. The summed E-state index contributed by atoms with van der Waals surface area (Å²) in [5.74, 6) is 1.60. The van der Waals surface area contributed by atoms with Crippen LogP contribution in [-0.4, -0.2) is 56.6 Å². The summed E-state index contributed by atoms with van der Waals surface area (Å²) in [6.07, 6.45) is 1.38. The average molecular weight is 562 g/mol. The number of alkyl carbamates (subject to hydrolysis) is 1. The van der Waals surface area contributed by atoms with Gasteiger partial charge in [-0.25, -0.2) is 9.79 Å². The Balaban J connectivity index is 0.00000512. The Morgan fingerprint density at radius 1 is 1.22 bits per heavy atom. The van der Waals surface area contributed by atoms with Crippen LogP contribution >= 0.6 is 24.0 Å². The van der Waals surface area contributed by atoms with Gasteiger partial charge in [0.15, 0.2) is 5.96 Å². The standard InChI is InChI=1S/C23H38N4O4.HI/c1-6-24-21(25-11-7-12-26-22(28)31-23(3,4)5)27-15-18-9-8-17(2)14-20(18)30-19-10-13-29-16-19;/h8-9,14,19H,6-7,10-13,15-16H2,1-5H3,(H,26,28)(H2,24,25,27);1H. The Kier molecular flexibility index (Phi) is 12.7. The summed E-state index contributed by atoms with van der Waals surface area (Å²) in [5.41, 5.74) is 1.71. The predicted molar refractivity (Wildman–Crippen MR) is 138 cm³/mol. The molecule has 1 amide bonds. The topological polar surface area (TPSA) is 93.2 Å². The first-order chi connectivity index (χ1) is 14.8. The van der Waals surface area contributed by atoms with Crippen molar-refractivity contribution in [3.63, 3.8) is 0 Å². The molecule has 3 N–H and O–H groups in total. The van der Waals surface area contributed by atoms with Crippen molar-refractivity contribution < 1.29 is 19.0 Å². The highest BCUT2D eigenvalue weighted by Crippen LogP contribution is 2.24. The number of benzene rings is 1. The molecule has 0 saturated carbocycles. The summed E-state index contributed by atoms with van der Waals surface area (Å²) in [6.45, 7) is 13.5. The third-order valence-corrected chi connectivity index (χ3v) is 4.47. The van der Waals surface area contributed by atoms with Crippen molar-refractivity contribution in [2.24, 2.45) is 4.99 Å². The van der Waals surface area contributed by atoms with Crippen LogP contribution in [0.5, 0.6) is 5.75 Å². The van der Waals surface area contributed by atoms with Gasteiger partial charge in [0.05, 0.1) is 19.8 Å². The van der Waals surface area contributed by atoms with E-state index in [1.54, 1.807) is 0 Å². The summed E-state index contributed by atoms with van der Waals surface area (Å²) < 4.78 is 16.8. The monoisotopic (exact) mass is 562 g/mol. The van der Waals surface area contributed by atoms with Gasteiger partial charge in [-0.15, -0.1) is 24.0 Å². The van der Waals surface area contributed by atoms with E-state index < -0.39 is 11.7 Å². The number of aliphatic imine (C=N–C) groups is 1. The number of ether oxygens (including phenoxy) is 3. The largest absolute Gasteiger partial charge is 0.488 e. The molecule has 1 heterocycles. The van der Waals surface area contributed by atoms with Gasteiger partial charge >= 0.3 is 6.09 Å². The molecule has 0 aliphatic carbocycles. The highest BCUT2D eigenvalue weighted by Gasteiger charge is 2.19. The summed E-state index contributed by atoms with van der Waals surface area (Å²) in [7, 11) is 0. The van der Waals surface area contributed by atoms with Gasteiger partial charge < -0.3 is 30.2 Å². The lowest BCUT2D eigenvalue weighted by molar-refractivity contribution is 0.0527. The molecule has 1 fully saturated rings. The van der Waals surface area contributed by atoms with Crippen molar-refractivity contribution in [3.8, 4) is 5.75 Å². The molecule has 0 spiro atoms. The normalized spacial score (nSPS) is 16.2. The van der Waals surface area contributed by atoms with Crippen molar-refractivity contribution in [1.82, 2.24) is 16.0 Å². The molecular weight excluding hydrogens is 523 g/mol. The number of carbonyl (C=O) groups excluding carboxylic acids is 1. The molecule has 1 aliphatic heterocycles. The van der Waals surface area contributed by atoms with Crippen molar-refractivity contribution in [2.45, 2.75) is 65.7 Å². The Morgan fingerprint density at radius 2 is 1.97 bits per heavy atom. The molecule has 0 bridgehead atoms. The van der Waals surface area contributed by atoms with E-state index in [1.807, 2.05) is 27.7 Å². The Bertz CT molecular complexity index is 731. The molecule has 1 saturated heterocycles. The zero-order valence-corrected chi connectivity index (χ0v) is 22.3. The van der Waals surface area contributed by atoms with Crippen LogP contribution in [0.25, 0.3) is 0 Å². The molecule has 1 aliphatic rings. The van der Waals surface area contributed by atoms with Crippen LogP contribution in [0.15, 0.2) is 23.2 Å². The van der Waals surface area contributed by atoms with Gasteiger partial charge in [-0.1, -0.05) is 12.1 Å². The second-order valence-corrected chi connectivity index (χ2v) is 8.62. The molecule has 2 rings (SSSR count). The summed E-state index contributed by atoms with van der Waals surface area (Å²) in [6, 6.07) is 6.20. The van der Waals surface area contributed by atoms with E-state index in [-0.39, 0.29) is 30.1 Å². The molecule has 32 heavy (non-hydrogen) atoms. The van der Waals surface area contributed by atoms with E-state index in [0.717, 1.165) is 48.8 Å². The molecule has 182 valence electrons. The van der Waals surface area contributed by atoms with Crippen LogP contribution < -0.4 is 20.7 Å². The maximum Gasteiger partial charge on any atom is 0.407 e. The first-order valence-electron chi connectivity index (χ1n) is 11.1. The lowest BCUT2D eigenvalue weighted by atomic mass is 10.1. The number of amides is 1. The third-order valence-electron chi connectivity index (χ3n) is 4.47. The Hall–Kier alpha value is -1.75. The Morgan fingerprint density at radius 3 is 2.62 bits per heavy atom. The third kappa shape index (κ3) is 11.2. The molecule has 1 aromatic rings. The summed E-state index contributed by atoms with van der Waals surface area (Å²) in [4.78, 5) is 16.4. The summed E-state index contributed by atoms with van der Waals surface area (Å²) in [5, 5.41) is 9.32. The van der Waals surface area contributed by atoms with Gasteiger partial charge in [0.1, 0.15) is 17.5 Å². The van der Waals surface area contributed by atoms with Crippen molar-refractivity contribution in [3.05, 3.63) is 29.3 Å². The minimum absolute atomic E-state index is 0. The van der Waals surface area contributed by atoms with Crippen LogP contribution in [0, 0.1) is 6.92 Å². The molecule has 1 aromatic carbocycles. The SMILES string of the molecule is CCNC(=NCc1ccc(C)cc1OC1CCOC1)NCCCNC(=O)OC(C)(C)C.I. The van der Waals surface area contributed by atoms with Gasteiger partial charge in [-0.2, -0.15) is 0 Å². The highest BCUT2D eigenvalue weighted by atomic mass is 127. The summed E-state index contributed by atoms with van der Waals surface area (Å²) >= 11 is 0. The van der Waals surface area contributed by atoms with Gasteiger partial charge in [-0.05, 0) is 52.7 Å². The molecule has 0 radical (unpaired) electrons. The van der Waals surface area contributed by atoms with E-state index in [1.165, 1.54) is 0 Å². The van der Waals surface area contributed by atoms with Crippen molar-refractivity contribution in [1.29, 1.82) is 0 Å². The van der Waals surface area contributed by atoms with Crippen LogP contribution in [-0.2, 0) is 16.0 Å². The molecule has 9 heteroatoms. The van der Waals surface area contributed by atoms with Gasteiger partial charge in [0.2, 0.25) is 0 Å². The van der Waals surface area contributed by atoms with Gasteiger partial charge in [0, 0.05) is 31.6 Å².